The quantitative estimate of drug-likeness (QED) is 0.901. The minimum atomic E-state index is 0.514. The van der Waals surface area contributed by atoms with Crippen molar-refractivity contribution in [2.75, 3.05) is 18.0 Å². The van der Waals surface area contributed by atoms with Gasteiger partial charge >= 0.3 is 0 Å². The van der Waals surface area contributed by atoms with Crippen LogP contribution >= 0.6 is 0 Å². The maximum atomic E-state index is 4.47. The first kappa shape index (κ1) is 12.9. The van der Waals surface area contributed by atoms with E-state index in [4.69, 9.17) is 0 Å². The highest BCUT2D eigenvalue weighted by atomic mass is 15.1. The molecule has 2 aliphatic rings. The van der Waals surface area contributed by atoms with Crippen molar-refractivity contribution in [1.82, 2.24) is 10.3 Å². The maximum absolute atomic E-state index is 4.47. The van der Waals surface area contributed by atoms with Crippen LogP contribution < -0.4 is 10.2 Å². The van der Waals surface area contributed by atoms with Crippen LogP contribution in [0, 0.1) is 5.41 Å². The molecule has 2 fully saturated rings. The van der Waals surface area contributed by atoms with E-state index >= 15 is 0 Å². The van der Waals surface area contributed by atoms with Crippen LogP contribution in [0.4, 0.5) is 5.69 Å². The summed E-state index contributed by atoms with van der Waals surface area (Å²) < 4.78 is 0. The molecule has 1 aromatic rings. The number of hydrogen-bond acceptors (Lipinski definition) is 3. The number of pyridine rings is 1. The SMILES string of the molecule is CC1(C)CCN(c2ccnc(CNC3CC3)c2)CC1. The molecule has 0 aromatic carbocycles. The normalized spacial score (nSPS) is 22.5. The first-order valence-electron chi connectivity index (χ1n) is 7.56. The number of anilines is 1. The van der Waals surface area contributed by atoms with E-state index < -0.39 is 0 Å². The van der Waals surface area contributed by atoms with Gasteiger partial charge < -0.3 is 10.2 Å². The van der Waals surface area contributed by atoms with Crippen molar-refractivity contribution in [3.05, 3.63) is 24.0 Å². The number of nitrogens with one attached hydrogen (secondary N) is 1. The summed E-state index contributed by atoms with van der Waals surface area (Å²) in [6.07, 6.45) is 7.19. The van der Waals surface area contributed by atoms with E-state index in [0.717, 1.165) is 12.6 Å². The van der Waals surface area contributed by atoms with Gasteiger partial charge in [0.1, 0.15) is 0 Å². The fourth-order valence-electron chi connectivity index (χ4n) is 2.67. The molecule has 3 heteroatoms. The second-order valence-electron chi connectivity index (χ2n) is 6.81. The molecule has 0 unspecified atom stereocenters. The van der Waals surface area contributed by atoms with E-state index in [0.29, 0.717) is 5.41 Å². The van der Waals surface area contributed by atoms with Crippen LogP contribution in [-0.4, -0.2) is 24.1 Å². The Morgan fingerprint density at radius 2 is 2.05 bits per heavy atom. The zero-order valence-corrected chi connectivity index (χ0v) is 12.2. The molecular formula is C16H25N3. The fraction of sp³-hybridized carbons (Fsp3) is 0.688. The highest BCUT2D eigenvalue weighted by Gasteiger charge is 2.25. The van der Waals surface area contributed by atoms with Gasteiger partial charge in [-0.15, -0.1) is 0 Å². The van der Waals surface area contributed by atoms with E-state index in [1.165, 1.54) is 50.2 Å². The van der Waals surface area contributed by atoms with Gasteiger partial charge in [-0.2, -0.15) is 0 Å². The molecule has 1 aromatic heterocycles. The molecule has 1 saturated heterocycles. The highest BCUT2D eigenvalue weighted by Crippen LogP contribution is 2.32. The van der Waals surface area contributed by atoms with E-state index in [9.17, 15) is 0 Å². The van der Waals surface area contributed by atoms with Crippen LogP contribution in [-0.2, 0) is 6.54 Å². The monoisotopic (exact) mass is 259 g/mol. The average molecular weight is 259 g/mol. The first-order valence-corrected chi connectivity index (χ1v) is 7.56. The Hall–Kier alpha value is -1.09. The fourth-order valence-corrected chi connectivity index (χ4v) is 2.67. The van der Waals surface area contributed by atoms with Gasteiger partial charge in [-0.1, -0.05) is 13.8 Å². The van der Waals surface area contributed by atoms with Crippen molar-refractivity contribution >= 4 is 5.69 Å². The average Bonchev–Trinajstić information content (AvgIpc) is 3.21. The number of nitrogens with zero attached hydrogens (tertiary/aromatic N) is 2. The first-order chi connectivity index (χ1) is 9.12. The highest BCUT2D eigenvalue weighted by molar-refractivity contribution is 5.47. The Bertz CT molecular complexity index is 427. The lowest BCUT2D eigenvalue weighted by molar-refractivity contribution is 0.280. The summed E-state index contributed by atoms with van der Waals surface area (Å²) in [5.41, 5.74) is 3.03. The molecule has 3 nitrogen and oxygen atoms in total. The molecule has 1 N–H and O–H groups in total. The summed E-state index contributed by atoms with van der Waals surface area (Å²) in [7, 11) is 0. The molecule has 3 rings (SSSR count). The van der Waals surface area contributed by atoms with Crippen LogP contribution in [0.5, 0.6) is 0 Å². The van der Waals surface area contributed by atoms with Gasteiger partial charge in [0.05, 0.1) is 5.69 Å². The minimum absolute atomic E-state index is 0.514. The molecule has 1 aliphatic heterocycles. The molecule has 0 spiro atoms. The summed E-state index contributed by atoms with van der Waals surface area (Å²) in [5, 5.41) is 3.54. The predicted octanol–water partition coefficient (Wildman–Crippen LogP) is 2.96. The van der Waals surface area contributed by atoms with Crippen molar-refractivity contribution < 1.29 is 0 Å². The molecule has 0 bridgehead atoms. The Morgan fingerprint density at radius 3 is 2.74 bits per heavy atom. The lowest BCUT2D eigenvalue weighted by Gasteiger charge is -2.38. The van der Waals surface area contributed by atoms with Gasteiger partial charge in [-0.25, -0.2) is 0 Å². The lowest BCUT2D eigenvalue weighted by Crippen LogP contribution is -2.37. The predicted molar refractivity (Wildman–Crippen MR) is 79.3 cm³/mol. The van der Waals surface area contributed by atoms with Gasteiger partial charge in [-0.05, 0) is 43.2 Å². The Kier molecular flexibility index (Phi) is 3.48. The topological polar surface area (TPSA) is 28.2 Å². The molecule has 104 valence electrons. The van der Waals surface area contributed by atoms with Crippen LogP contribution in [0.15, 0.2) is 18.3 Å². The molecule has 2 heterocycles. The van der Waals surface area contributed by atoms with Crippen molar-refractivity contribution in [1.29, 1.82) is 0 Å². The van der Waals surface area contributed by atoms with Gasteiger partial charge in [-0.3, -0.25) is 4.98 Å². The zero-order valence-electron chi connectivity index (χ0n) is 12.2. The Balaban J connectivity index is 1.62. The van der Waals surface area contributed by atoms with E-state index in [2.05, 4.69) is 41.2 Å². The Morgan fingerprint density at radius 1 is 1.32 bits per heavy atom. The van der Waals surface area contributed by atoms with E-state index in [-0.39, 0.29) is 0 Å². The molecule has 0 amide bonds. The van der Waals surface area contributed by atoms with Crippen LogP contribution in [0.3, 0.4) is 0 Å². The van der Waals surface area contributed by atoms with Crippen LogP contribution in [0.1, 0.15) is 45.2 Å². The smallest absolute Gasteiger partial charge is 0.0562 e. The van der Waals surface area contributed by atoms with Crippen molar-refractivity contribution in [2.45, 2.75) is 52.1 Å². The van der Waals surface area contributed by atoms with E-state index in [1.807, 2.05) is 6.20 Å². The second kappa shape index (κ2) is 5.12. The summed E-state index contributed by atoms with van der Waals surface area (Å²) >= 11 is 0. The largest absolute Gasteiger partial charge is 0.371 e. The number of hydrogen-bond donors (Lipinski definition) is 1. The van der Waals surface area contributed by atoms with Gasteiger partial charge in [0.15, 0.2) is 0 Å². The Labute approximate surface area is 116 Å². The number of rotatable bonds is 4. The maximum Gasteiger partial charge on any atom is 0.0562 e. The van der Waals surface area contributed by atoms with Crippen LogP contribution in [0.2, 0.25) is 0 Å². The molecule has 0 atom stereocenters. The minimum Gasteiger partial charge on any atom is -0.371 e. The van der Waals surface area contributed by atoms with Crippen molar-refractivity contribution in [3.8, 4) is 0 Å². The summed E-state index contributed by atoms with van der Waals surface area (Å²) in [6, 6.07) is 5.16. The van der Waals surface area contributed by atoms with Gasteiger partial charge in [0.25, 0.3) is 0 Å². The van der Waals surface area contributed by atoms with Crippen LogP contribution in [0.25, 0.3) is 0 Å². The molecular weight excluding hydrogens is 234 g/mol. The third-order valence-corrected chi connectivity index (χ3v) is 4.43. The lowest BCUT2D eigenvalue weighted by atomic mass is 9.82. The summed E-state index contributed by atoms with van der Waals surface area (Å²) in [6.45, 7) is 8.01. The second-order valence-corrected chi connectivity index (χ2v) is 6.81. The molecule has 1 saturated carbocycles. The standard InChI is InChI=1S/C16H25N3/c1-16(2)6-9-19(10-7-16)15-5-8-17-14(11-15)12-18-13-3-4-13/h5,8,11,13,18H,3-4,6-7,9-10,12H2,1-2H3. The third-order valence-electron chi connectivity index (χ3n) is 4.43. The number of aromatic nitrogens is 1. The molecule has 19 heavy (non-hydrogen) atoms. The van der Waals surface area contributed by atoms with Crippen molar-refractivity contribution in [2.24, 2.45) is 5.41 Å². The van der Waals surface area contributed by atoms with E-state index in [1.54, 1.807) is 0 Å². The molecule has 1 aliphatic carbocycles. The van der Waals surface area contributed by atoms with Crippen molar-refractivity contribution in [3.63, 3.8) is 0 Å². The summed E-state index contributed by atoms with van der Waals surface area (Å²) in [4.78, 5) is 6.98. The summed E-state index contributed by atoms with van der Waals surface area (Å²) in [5.74, 6) is 0. The van der Waals surface area contributed by atoms with Gasteiger partial charge in [0.2, 0.25) is 0 Å². The molecule has 0 radical (unpaired) electrons. The third kappa shape index (κ3) is 3.47. The number of piperidine rings is 1. The zero-order chi connectivity index (χ0) is 13.3. The van der Waals surface area contributed by atoms with Gasteiger partial charge in [0, 0.05) is 37.6 Å².